The van der Waals surface area contributed by atoms with E-state index in [-0.39, 0.29) is 11.9 Å². The third kappa shape index (κ3) is 3.30. The number of thioether (sulfide) groups is 1. The third-order valence-corrected chi connectivity index (χ3v) is 3.75. The summed E-state index contributed by atoms with van der Waals surface area (Å²) in [4.78, 5) is 20.3. The topological polar surface area (TPSA) is 57.8 Å². The van der Waals surface area contributed by atoms with E-state index in [1.807, 2.05) is 19.2 Å². The number of nitrogens with one attached hydrogen (secondary N) is 2. The molecule has 2 aromatic rings. The number of aromatic amines is 1. The number of rotatable bonds is 4. The number of halogens is 1. The quantitative estimate of drug-likeness (QED) is 0.851. The molecule has 0 aliphatic rings. The van der Waals surface area contributed by atoms with Crippen LogP contribution in [0.2, 0.25) is 5.02 Å². The van der Waals surface area contributed by atoms with Crippen LogP contribution >= 0.6 is 23.4 Å². The fourth-order valence-corrected chi connectivity index (χ4v) is 2.31. The van der Waals surface area contributed by atoms with Crippen LogP contribution in [-0.4, -0.2) is 22.1 Å². The summed E-state index contributed by atoms with van der Waals surface area (Å²) in [6.07, 6.45) is 5.33. The van der Waals surface area contributed by atoms with Crippen molar-refractivity contribution in [3.8, 4) is 0 Å². The van der Waals surface area contributed by atoms with Gasteiger partial charge in [0.15, 0.2) is 0 Å². The van der Waals surface area contributed by atoms with Gasteiger partial charge in [-0.15, -0.1) is 11.8 Å². The lowest BCUT2D eigenvalue weighted by atomic mass is 10.2. The Morgan fingerprint density at radius 2 is 2.32 bits per heavy atom. The lowest BCUT2D eigenvalue weighted by molar-refractivity contribution is 0.0938. The predicted octanol–water partition coefficient (Wildman–Crippen LogP) is 3.28. The molecule has 19 heavy (non-hydrogen) atoms. The van der Waals surface area contributed by atoms with Gasteiger partial charge >= 0.3 is 0 Å². The van der Waals surface area contributed by atoms with Crippen LogP contribution in [0.1, 0.15) is 29.1 Å². The van der Waals surface area contributed by atoms with E-state index in [0.29, 0.717) is 16.4 Å². The Labute approximate surface area is 121 Å². The van der Waals surface area contributed by atoms with Gasteiger partial charge in [0.05, 0.1) is 16.6 Å². The van der Waals surface area contributed by atoms with Gasteiger partial charge in [-0.3, -0.25) is 4.79 Å². The van der Waals surface area contributed by atoms with Gasteiger partial charge in [0.1, 0.15) is 5.82 Å². The molecule has 6 heteroatoms. The summed E-state index contributed by atoms with van der Waals surface area (Å²) in [6, 6.07) is 5.22. The SMILES string of the molecule is CSc1ccc(Cl)c(C(=O)NC(C)c2ncc[nH]2)c1. The molecule has 0 saturated heterocycles. The number of aromatic nitrogens is 2. The molecular weight excluding hydrogens is 282 g/mol. The number of nitrogens with zero attached hydrogens (tertiary/aromatic N) is 1. The zero-order valence-electron chi connectivity index (χ0n) is 10.6. The highest BCUT2D eigenvalue weighted by atomic mass is 35.5. The number of amides is 1. The summed E-state index contributed by atoms with van der Waals surface area (Å²) in [5, 5.41) is 3.31. The molecule has 1 unspecified atom stereocenters. The first kappa shape index (κ1) is 14.0. The minimum absolute atomic E-state index is 0.198. The first-order valence-corrected chi connectivity index (χ1v) is 7.35. The Bertz CT molecular complexity index is 571. The van der Waals surface area contributed by atoms with Gasteiger partial charge in [0.25, 0.3) is 5.91 Å². The molecule has 0 saturated carbocycles. The highest BCUT2D eigenvalue weighted by Gasteiger charge is 2.15. The van der Waals surface area contributed by atoms with Crippen molar-refractivity contribution >= 4 is 29.3 Å². The standard InChI is InChI=1S/C13H14ClN3OS/c1-8(12-15-5-6-16-12)17-13(18)10-7-9(19-2)3-4-11(10)14/h3-8H,1-2H3,(H,15,16)(H,17,18). The fourth-order valence-electron chi connectivity index (χ4n) is 1.66. The molecule has 0 radical (unpaired) electrons. The van der Waals surface area contributed by atoms with E-state index < -0.39 is 0 Å². The monoisotopic (exact) mass is 295 g/mol. The van der Waals surface area contributed by atoms with Crippen molar-refractivity contribution in [2.24, 2.45) is 0 Å². The Morgan fingerprint density at radius 3 is 2.95 bits per heavy atom. The number of carbonyl (C=O) groups excluding carboxylic acids is 1. The van der Waals surface area contributed by atoms with E-state index in [1.165, 1.54) is 0 Å². The zero-order valence-corrected chi connectivity index (χ0v) is 12.2. The molecule has 0 aliphatic heterocycles. The third-order valence-electron chi connectivity index (χ3n) is 2.70. The van der Waals surface area contributed by atoms with Crippen LogP contribution in [0.3, 0.4) is 0 Å². The molecule has 2 N–H and O–H groups in total. The lowest BCUT2D eigenvalue weighted by Crippen LogP contribution is -2.27. The van der Waals surface area contributed by atoms with Gasteiger partial charge in [-0.1, -0.05) is 11.6 Å². The molecule has 0 fully saturated rings. The molecule has 100 valence electrons. The summed E-state index contributed by atoms with van der Waals surface area (Å²) in [7, 11) is 0. The first-order valence-electron chi connectivity index (χ1n) is 5.75. The minimum atomic E-state index is -0.204. The van der Waals surface area contributed by atoms with Crippen LogP contribution in [0.25, 0.3) is 0 Å². The van der Waals surface area contributed by atoms with E-state index in [1.54, 1.807) is 36.3 Å². The second-order valence-electron chi connectivity index (χ2n) is 4.02. The maximum Gasteiger partial charge on any atom is 0.253 e. The Morgan fingerprint density at radius 1 is 1.53 bits per heavy atom. The lowest BCUT2D eigenvalue weighted by Gasteiger charge is -2.12. The predicted molar refractivity (Wildman–Crippen MR) is 77.7 cm³/mol. The first-order chi connectivity index (χ1) is 9.11. The van der Waals surface area contributed by atoms with Crippen LogP contribution in [0, 0.1) is 0 Å². The van der Waals surface area contributed by atoms with Gasteiger partial charge in [-0.25, -0.2) is 4.98 Å². The van der Waals surface area contributed by atoms with Crippen molar-refractivity contribution in [3.05, 3.63) is 47.0 Å². The number of hydrogen-bond donors (Lipinski definition) is 2. The van der Waals surface area contributed by atoms with Crippen LogP contribution in [0.15, 0.2) is 35.5 Å². The Balaban J connectivity index is 2.16. The molecule has 1 amide bonds. The molecule has 0 bridgehead atoms. The number of hydrogen-bond acceptors (Lipinski definition) is 3. The Kier molecular flexibility index (Phi) is 4.50. The number of imidazole rings is 1. The summed E-state index contributed by atoms with van der Waals surface area (Å²) in [6.45, 7) is 1.86. The van der Waals surface area contributed by atoms with Gasteiger partial charge in [-0.05, 0) is 31.4 Å². The van der Waals surface area contributed by atoms with Crippen molar-refractivity contribution in [1.82, 2.24) is 15.3 Å². The number of H-pyrrole nitrogens is 1. The summed E-state index contributed by atoms with van der Waals surface area (Å²) >= 11 is 7.63. The van der Waals surface area contributed by atoms with E-state index in [0.717, 1.165) is 4.90 Å². The van der Waals surface area contributed by atoms with Gasteiger partial charge < -0.3 is 10.3 Å². The molecule has 0 spiro atoms. The molecule has 1 aromatic heterocycles. The second kappa shape index (κ2) is 6.12. The van der Waals surface area contributed by atoms with E-state index in [9.17, 15) is 4.79 Å². The molecule has 1 atom stereocenters. The van der Waals surface area contributed by atoms with Crippen LogP contribution in [-0.2, 0) is 0 Å². The maximum absolute atomic E-state index is 12.2. The van der Waals surface area contributed by atoms with E-state index in [2.05, 4.69) is 15.3 Å². The smallest absolute Gasteiger partial charge is 0.253 e. The molecule has 4 nitrogen and oxygen atoms in total. The molecule has 1 heterocycles. The van der Waals surface area contributed by atoms with Crippen LogP contribution in [0.5, 0.6) is 0 Å². The van der Waals surface area contributed by atoms with Crippen molar-refractivity contribution < 1.29 is 4.79 Å². The van der Waals surface area contributed by atoms with E-state index >= 15 is 0 Å². The normalized spacial score (nSPS) is 12.2. The summed E-state index contributed by atoms with van der Waals surface area (Å²) in [5.41, 5.74) is 0.479. The fraction of sp³-hybridized carbons (Fsp3) is 0.231. The Hall–Kier alpha value is -1.46. The zero-order chi connectivity index (χ0) is 13.8. The average Bonchev–Trinajstić information content (AvgIpc) is 2.93. The van der Waals surface area contributed by atoms with Gasteiger partial charge in [0, 0.05) is 17.3 Å². The van der Waals surface area contributed by atoms with Crippen molar-refractivity contribution in [2.75, 3.05) is 6.26 Å². The average molecular weight is 296 g/mol. The van der Waals surface area contributed by atoms with Crippen molar-refractivity contribution in [1.29, 1.82) is 0 Å². The number of carbonyl (C=O) groups is 1. The van der Waals surface area contributed by atoms with Crippen molar-refractivity contribution in [3.63, 3.8) is 0 Å². The van der Waals surface area contributed by atoms with Crippen LogP contribution < -0.4 is 5.32 Å². The molecule has 0 aliphatic carbocycles. The maximum atomic E-state index is 12.2. The van der Waals surface area contributed by atoms with Crippen molar-refractivity contribution in [2.45, 2.75) is 17.9 Å². The molecular formula is C13H14ClN3OS. The summed E-state index contributed by atoms with van der Waals surface area (Å²) < 4.78 is 0. The highest BCUT2D eigenvalue weighted by molar-refractivity contribution is 7.98. The van der Waals surface area contributed by atoms with Crippen LogP contribution in [0.4, 0.5) is 0 Å². The van der Waals surface area contributed by atoms with E-state index in [4.69, 9.17) is 11.6 Å². The second-order valence-corrected chi connectivity index (χ2v) is 5.30. The minimum Gasteiger partial charge on any atom is -0.347 e. The van der Waals surface area contributed by atoms with Gasteiger partial charge in [0.2, 0.25) is 0 Å². The van der Waals surface area contributed by atoms with Gasteiger partial charge in [-0.2, -0.15) is 0 Å². The highest BCUT2D eigenvalue weighted by Crippen LogP contribution is 2.23. The molecule has 1 aromatic carbocycles. The largest absolute Gasteiger partial charge is 0.347 e. The number of benzene rings is 1. The molecule has 2 rings (SSSR count). The summed E-state index contributed by atoms with van der Waals surface area (Å²) in [5.74, 6) is 0.510.